The molecule has 0 aliphatic heterocycles. The van der Waals surface area contributed by atoms with Crippen molar-refractivity contribution < 1.29 is 8.42 Å². The number of hydrogen-bond acceptors (Lipinski definition) is 5. The molecule has 2 aromatic carbocycles. The second-order valence-corrected chi connectivity index (χ2v) is 6.91. The van der Waals surface area contributed by atoms with Gasteiger partial charge in [-0.2, -0.15) is 0 Å². The Kier molecular flexibility index (Phi) is 3.87. The summed E-state index contributed by atoms with van der Waals surface area (Å²) in [6.45, 7) is 0. The molecule has 23 heavy (non-hydrogen) atoms. The molecule has 0 fully saturated rings. The zero-order chi connectivity index (χ0) is 16.4. The lowest BCUT2D eigenvalue weighted by molar-refractivity contribution is 0.607. The fourth-order valence-electron chi connectivity index (χ4n) is 2.41. The Morgan fingerprint density at radius 1 is 1.00 bits per heavy atom. The van der Waals surface area contributed by atoms with Crippen molar-refractivity contribution in [3.8, 4) is 11.1 Å². The van der Waals surface area contributed by atoms with E-state index in [2.05, 4.69) is 20.0 Å². The minimum Gasteiger partial charge on any atom is -0.373 e. The van der Waals surface area contributed by atoms with Crippen molar-refractivity contribution in [3.05, 3.63) is 48.8 Å². The van der Waals surface area contributed by atoms with Gasteiger partial charge >= 0.3 is 0 Å². The Hall–Kier alpha value is -2.67. The van der Waals surface area contributed by atoms with Crippen LogP contribution in [0.5, 0.6) is 0 Å². The van der Waals surface area contributed by atoms with Crippen LogP contribution in [0.25, 0.3) is 22.0 Å². The molecule has 1 aromatic heterocycles. The summed E-state index contributed by atoms with van der Waals surface area (Å²) in [6.07, 6.45) is 2.65. The predicted octanol–water partition coefficient (Wildman–Crippen LogP) is 2.71. The van der Waals surface area contributed by atoms with Gasteiger partial charge in [0.2, 0.25) is 10.0 Å². The largest absolute Gasteiger partial charge is 0.373 e. The highest BCUT2D eigenvalue weighted by molar-refractivity contribution is 7.92. The minimum absolute atomic E-state index is 0.531. The summed E-state index contributed by atoms with van der Waals surface area (Å²) in [6, 6.07) is 13.1. The van der Waals surface area contributed by atoms with E-state index < -0.39 is 10.0 Å². The topological polar surface area (TPSA) is 84.0 Å². The molecule has 2 N–H and O–H groups in total. The Morgan fingerprint density at radius 2 is 1.78 bits per heavy atom. The fourth-order valence-corrected chi connectivity index (χ4v) is 2.97. The van der Waals surface area contributed by atoms with E-state index in [9.17, 15) is 8.42 Å². The van der Waals surface area contributed by atoms with E-state index in [0.29, 0.717) is 5.69 Å². The first-order valence-electron chi connectivity index (χ1n) is 6.97. The second-order valence-electron chi connectivity index (χ2n) is 5.16. The maximum absolute atomic E-state index is 11.4. The lowest BCUT2D eigenvalue weighted by Gasteiger charge is -2.09. The Bertz CT molecular complexity index is 971. The monoisotopic (exact) mass is 328 g/mol. The van der Waals surface area contributed by atoms with Crippen LogP contribution in [0.1, 0.15) is 0 Å². The smallest absolute Gasteiger partial charge is 0.229 e. The van der Waals surface area contributed by atoms with Gasteiger partial charge in [-0.15, -0.1) is 0 Å². The summed E-state index contributed by atoms with van der Waals surface area (Å²) in [5.74, 6) is 0.752. The molecular weight excluding hydrogens is 312 g/mol. The van der Waals surface area contributed by atoms with Gasteiger partial charge in [0.05, 0.1) is 11.8 Å². The van der Waals surface area contributed by atoms with Crippen LogP contribution in [0.15, 0.2) is 48.8 Å². The number of benzene rings is 2. The van der Waals surface area contributed by atoms with Crippen LogP contribution >= 0.6 is 0 Å². The Labute approximate surface area is 134 Å². The zero-order valence-corrected chi connectivity index (χ0v) is 13.6. The molecule has 6 nitrogen and oxygen atoms in total. The van der Waals surface area contributed by atoms with Crippen molar-refractivity contribution >= 4 is 32.4 Å². The summed E-state index contributed by atoms with van der Waals surface area (Å²) < 4.78 is 25.2. The maximum atomic E-state index is 11.4. The van der Waals surface area contributed by atoms with Crippen molar-refractivity contribution in [3.63, 3.8) is 0 Å². The van der Waals surface area contributed by atoms with E-state index in [0.717, 1.165) is 34.1 Å². The molecule has 0 unspecified atom stereocenters. The van der Waals surface area contributed by atoms with Crippen molar-refractivity contribution in [1.29, 1.82) is 0 Å². The number of rotatable bonds is 4. The molecule has 0 aliphatic rings. The van der Waals surface area contributed by atoms with Gasteiger partial charge in [0.1, 0.15) is 12.1 Å². The molecule has 3 rings (SSSR count). The Morgan fingerprint density at radius 3 is 2.52 bits per heavy atom. The fraction of sp³-hybridized carbons (Fsp3) is 0.125. The van der Waals surface area contributed by atoms with Crippen LogP contribution in [0.3, 0.4) is 0 Å². The van der Waals surface area contributed by atoms with E-state index in [1.54, 1.807) is 12.1 Å². The number of sulfonamides is 1. The van der Waals surface area contributed by atoms with Gasteiger partial charge in [-0.25, -0.2) is 18.4 Å². The number of hydrogen-bond donors (Lipinski definition) is 2. The van der Waals surface area contributed by atoms with Crippen molar-refractivity contribution in [2.45, 2.75) is 0 Å². The average molecular weight is 328 g/mol. The molecule has 3 aromatic rings. The molecule has 0 spiro atoms. The molecule has 0 atom stereocenters. The molecule has 0 bridgehead atoms. The third kappa shape index (κ3) is 3.40. The van der Waals surface area contributed by atoms with Crippen molar-refractivity contribution in [2.75, 3.05) is 23.3 Å². The molecule has 0 saturated carbocycles. The first kappa shape index (κ1) is 15.2. The van der Waals surface area contributed by atoms with Crippen molar-refractivity contribution in [2.24, 2.45) is 0 Å². The molecule has 0 amide bonds. The van der Waals surface area contributed by atoms with Gasteiger partial charge in [0.15, 0.2) is 0 Å². The van der Waals surface area contributed by atoms with Crippen LogP contribution < -0.4 is 10.0 Å². The Balaban J connectivity index is 2.08. The van der Waals surface area contributed by atoms with Gasteiger partial charge in [0, 0.05) is 18.1 Å². The number of anilines is 2. The van der Waals surface area contributed by atoms with E-state index in [4.69, 9.17) is 0 Å². The quantitative estimate of drug-likeness (QED) is 0.769. The molecule has 0 radical (unpaired) electrons. The van der Waals surface area contributed by atoms with E-state index in [1.807, 2.05) is 37.4 Å². The van der Waals surface area contributed by atoms with Gasteiger partial charge in [-0.05, 0) is 35.4 Å². The highest BCUT2D eigenvalue weighted by Crippen LogP contribution is 2.28. The summed E-state index contributed by atoms with van der Waals surface area (Å²) in [5, 5.41) is 3.96. The highest BCUT2D eigenvalue weighted by atomic mass is 32.2. The van der Waals surface area contributed by atoms with Gasteiger partial charge in [-0.3, -0.25) is 4.72 Å². The van der Waals surface area contributed by atoms with E-state index in [1.165, 1.54) is 6.33 Å². The molecule has 0 aliphatic carbocycles. The number of aromatic nitrogens is 2. The zero-order valence-electron chi connectivity index (χ0n) is 12.7. The summed E-state index contributed by atoms with van der Waals surface area (Å²) >= 11 is 0. The summed E-state index contributed by atoms with van der Waals surface area (Å²) in [7, 11) is -1.49. The van der Waals surface area contributed by atoms with Crippen molar-refractivity contribution in [1.82, 2.24) is 9.97 Å². The molecular formula is C16H16N4O2S. The molecule has 0 saturated heterocycles. The third-order valence-electron chi connectivity index (χ3n) is 3.37. The first-order chi connectivity index (χ1) is 11.0. The average Bonchev–Trinajstić information content (AvgIpc) is 2.52. The second kappa shape index (κ2) is 5.85. The van der Waals surface area contributed by atoms with Crippen LogP contribution in [0, 0.1) is 0 Å². The molecule has 1 heterocycles. The van der Waals surface area contributed by atoms with Crippen LogP contribution in [-0.4, -0.2) is 31.7 Å². The summed E-state index contributed by atoms with van der Waals surface area (Å²) in [4.78, 5) is 8.46. The SMILES string of the molecule is CNc1ncnc2ccc(-c3cccc(NS(C)(=O)=O)c3)cc12. The van der Waals surface area contributed by atoms with E-state index in [-0.39, 0.29) is 0 Å². The molecule has 7 heteroatoms. The minimum atomic E-state index is -3.30. The lowest BCUT2D eigenvalue weighted by Crippen LogP contribution is -2.09. The van der Waals surface area contributed by atoms with E-state index >= 15 is 0 Å². The first-order valence-corrected chi connectivity index (χ1v) is 8.86. The van der Waals surface area contributed by atoms with Crippen LogP contribution in [0.4, 0.5) is 11.5 Å². The van der Waals surface area contributed by atoms with Gasteiger partial charge < -0.3 is 5.32 Å². The maximum Gasteiger partial charge on any atom is 0.229 e. The van der Waals surface area contributed by atoms with Crippen LogP contribution in [0.2, 0.25) is 0 Å². The number of fused-ring (bicyclic) bond motifs is 1. The predicted molar refractivity (Wildman–Crippen MR) is 93.0 cm³/mol. The highest BCUT2D eigenvalue weighted by Gasteiger charge is 2.07. The number of nitrogens with one attached hydrogen (secondary N) is 2. The summed E-state index contributed by atoms with van der Waals surface area (Å²) in [5.41, 5.74) is 3.24. The standard InChI is InChI=1S/C16H16N4O2S/c1-17-16-14-9-12(6-7-15(14)18-10-19-16)11-4-3-5-13(8-11)20-23(2,21)22/h3-10,20H,1-2H3,(H,17,18,19). The van der Waals surface area contributed by atoms with Gasteiger partial charge in [0.25, 0.3) is 0 Å². The molecule has 118 valence electrons. The van der Waals surface area contributed by atoms with Crippen LogP contribution in [-0.2, 0) is 10.0 Å². The number of nitrogens with zero attached hydrogens (tertiary/aromatic N) is 2. The lowest BCUT2D eigenvalue weighted by atomic mass is 10.0. The van der Waals surface area contributed by atoms with Gasteiger partial charge in [-0.1, -0.05) is 18.2 Å². The normalized spacial score (nSPS) is 11.4. The third-order valence-corrected chi connectivity index (χ3v) is 3.98.